The Morgan fingerprint density at radius 3 is 2.92 bits per heavy atom. The van der Waals surface area contributed by atoms with Gasteiger partial charge in [0.15, 0.2) is 0 Å². The first-order chi connectivity index (χ1) is 5.63. The van der Waals surface area contributed by atoms with Gasteiger partial charge in [0.2, 0.25) is 5.91 Å². The van der Waals surface area contributed by atoms with E-state index in [1.54, 1.807) is 13.1 Å². The van der Waals surface area contributed by atoms with Gasteiger partial charge in [-0.15, -0.1) is 0 Å². The van der Waals surface area contributed by atoms with E-state index in [4.69, 9.17) is 5.11 Å². The van der Waals surface area contributed by atoms with Gasteiger partial charge in [-0.1, -0.05) is 0 Å². The van der Waals surface area contributed by atoms with Crippen LogP contribution in [0, 0.1) is 0 Å². The second-order valence-electron chi connectivity index (χ2n) is 2.48. The predicted molar refractivity (Wildman–Crippen MR) is 43.4 cm³/mol. The molecule has 0 saturated heterocycles. The van der Waals surface area contributed by atoms with Gasteiger partial charge in [0.1, 0.15) is 5.82 Å². The van der Waals surface area contributed by atoms with E-state index in [0.29, 0.717) is 11.5 Å². The fourth-order valence-corrected chi connectivity index (χ4v) is 0.901. The minimum atomic E-state index is -0.150. The lowest BCUT2D eigenvalue weighted by molar-refractivity contribution is -0.114. The van der Waals surface area contributed by atoms with Crippen LogP contribution in [-0.4, -0.2) is 20.8 Å². The monoisotopic (exact) mass is 169 g/mol. The number of nitrogens with one attached hydrogen (secondary N) is 1. The number of rotatable bonds is 2. The first kappa shape index (κ1) is 8.73. The third kappa shape index (κ3) is 1.82. The van der Waals surface area contributed by atoms with Gasteiger partial charge in [0.05, 0.1) is 12.3 Å². The number of aryl methyl sites for hydroxylation is 1. The normalized spacial score (nSPS) is 9.92. The maximum Gasteiger partial charge on any atom is 0.222 e. The Labute approximate surface area is 70.0 Å². The molecule has 66 valence electrons. The standard InChI is InChI=1S/C7H11N3O2/c1-5(12)8-7-3-6(4-11)9-10(7)2/h3,11H,4H2,1-2H3,(H,8,12). The van der Waals surface area contributed by atoms with Crippen LogP contribution in [-0.2, 0) is 18.4 Å². The molecule has 5 nitrogen and oxygen atoms in total. The van der Waals surface area contributed by atoms with Crippen LogP contribution < -0.4 is 5.32 Å². The maximum absolute atomic E-state index is 10.6. The van der Waals surface area contributed by atoms with Crippen molar-refractivity contribution in [2.75, 3.05) is 5.32 Å². The average molecular weight is 169 g/mol. The van der Waals surface area contributed by atoms with Gasteiger partial charge in [0, 0.05) is 20.0 Å². The molecular weight excluding hydrogens is 158 g/mol. The van der Waals surface area contributed by atoms with E-state index < -0.39 is 0 Å². The average Bonchev–Trinajstić information content (AvgIpc) is 2.31. The van der Waals surface area contributed by atoms with Crippen molar-refractivity contribution in [2.45, 2.75) is 13.5 Å². The van der Waals surface area contributed by atoms with E-state index in [9.17, 15) is 4.79 Å². The molecule has 1 rings (SSSR count). The van der Waals surface area contributed by atoms with Gasteiger partial charge in [0.25, 0.3) is 0 Å². The highest BCUT2D eigenvalue weighted by atomic mass is 16.3. The van der Waals surface area contributed by atoms with Crippen LogP contribution in [0.15, 0.2) is 6.07 Å². The number of hydrogen-bond acceptors (Lipinski definition) is 3. The molecule has 2 N–H and O–H groups in total. The summed E-state index contributed by atoms with van der Waals surface area (Å²) < 4.78 is 1.51. The van der Waals surface area contributed by atoms with Crippen LogP contribution in [0.25, 0.3) is 0 Å². The van der Waals surface area contributed by atoms with Crippen LogP contribution in [0.2, 0.25) is 0 Å². The molecule has 0 aliphatic rings. The van der Waals surface area contributed by atoms with Gasteiger partial charge < -0.3 is 10.4 Å². The van der Waals surface area contributed by atoms with Crippen LogP contribution in [0.4, 0.5) is 5.82 Å². The lowest BCUT2D eigenvalue weighted by Gasteiger charge is -1.99. The number of carbonyl (C=O) groups excluding carboxylic acids is 1. The molecule has 1 heterocycles. The van der Waals surface area contributed by atoms with Crippen molar-refractivity contribution in [1.82, 2.24) is 9.78 Å². The maximum atomic E-state index is 10.6. The minimum absolute atomic E-state index is 0.118. The van der Waals surface area contributed by atoms with Crippen molar-refractivity contribution in [3.05, 3.63) is 11.8 Å². The molecule has 0 saturated carbocycles. The number of amides is 1. The molecule has 0 aliphatic carbocycles. The van der Waals surface area contributed by atoms with Crippen LogP contribution >= 0.6 is 0 Å². The molecular formula is C7H11N3O2. The summed E-state index contributed by atoms with van der Waals surface area (Å²) >= 11 is 0. The highest BCUT2D eigenvalue weighted by molar-refractivity contribution is 5.87. The lowest BCUT2D eigenvalue weighted by atomic mass is 10.4. The largest absolute Gasteiger partial charge is 0.390 e. The zero-order valence-corrected chi connectivity index (χ0v) is 7.03. The van der Waals surface area contributed by atoms with Crippen molar-refractivity contribution in [3.63, 3.8) is 0 Å². The summed E-state index contributed by atoms with van der Waals surface area (Å²) in [6.07, 6.45) is 0. The van der Waals surface area contributed by atoms with E-state index in [1.807, 2.05) is 0 Å². The van der Waals surface area contributed by atoms with Crippen molar-refractivity contribution in [1.29, 1.82) is 0 Å². The third-order valence-corrected chi connectivity index (χ3v) is 1.40. The third-order valence-electron chi connectivity index (χ3n) is 1.40. The number of aliphatic hydroxyl groups excluding tert-OH is 1. The number of carbonyl (C=O) groups is 1. The number of nitrogens with zero attached hydrogens (tertiary/aromatic N) is 2. The van der Waals surface area contributed by atoms with Crippen molar-refractivity contribution >= 4 is 11.7 Å². The Bertz CT molecular complexity index is 293. The summed E-state index contributed by atoms with van der Waals surface area (Å²) in [5, 5.41) is 15.2. The Balaban J connectivity index is 2.84. The highest BCUT2D eigenvalue weighted by Gasteiger charge is 2.04. The first-order valence-electron chi connectivity index (χ1n) is 3.55. The number of aromatic nitrogens is 2. The molecule has 0 aromatic carbocycles. The highest BCUT2D eigenvalue weighted by Crippen LogP contribution is 2.08. The van der Waals surface area contributed by atoms with Crippen molar-refractivity contribution in [3.8, 4) is 0 Å². The fourth-order valence-electron chi connectivity index (χ4n) is 0.901. The molecule has 12 heavy (non-hydrogen) atoms. The van der Waals surface area contributed by atoms with Crippen LogP contribution in [0.3, 0.4) is 0 Å². The van der Waals surface area contributed by atoms with E-state index in [0.717, 1.165) is 0 Å². The molecule has 0 bridgehead atoms. The smallest absolute Gasteiger partial charge is 0.222 e. The summed E-state index contributed by atoms with van der Waals surface area (Å²) in [6.45, 7) is 1.30. The Kier molecular flexibility index (Phi) is 2.44. The topological polar surface area (TPSA) is 67.2 Å². The molecule has 1 amide bonds. The summed E-state index contributed by atoms with van der Waals surface area (Å²) in [6, 6.07) is 1.63. The molecule has 1 aromatic heterocycles. The summed E-state index contributed by atoms with van der Waals surface area (Å²) in [7, 11) is 1.70. The van der Waals surface area contributed by atoms with E-state index in [1.165, 1.54) is 11.6 Å². The second kappa shape index (κ2) is 3.36. The molecule has 0 radical (unpaired) electrons. The quantitative estimate of drug-likeness (QED) is 0.648. The van der Waals surface area contributed by atoms with Gasteiger partial charge in [-0.3, -0.25) is 9.48 Å². The minimum Gasteiger partial charge on any atom is -0.390 e. The molecule has 0 fully saturated rings. The fraction of sp³-hybridized carbons (Fsp3) is 0.429. The summed E-state index contributed by atoms with van der Waals surface area (Å²) in [5.74, 6) is 0.439. The number of hydrogen-bond donors (Lipinski definition) is 2. The molecule has 0 unspecified atom stereocenters. The summed E-state index contributed by atoms with van der Waals surface area (Å²) in [5.41, 5.74) is 0.543. The van der Waals surface area contributed by atoms with E-state index in [-0.39, 0.29) is 12.5 Å². The first-order valence-corrected chi connectivity index (χ1v) is 3.55. The second-order valence-corrected chi connectivity index (χ2v) is 2.48. The van der Waals surface area contributed by atoms with Crippen LogP contribution in [0.1, 0.15) is 12.6 Å². The Morgan fingerprint density at radius 2 is 2.50 bits per heavy atom. The zero-order valence-electron chi connectivity index (χ0n) is 7.03. The number of aliphatic hydroxyl groups is 1. The Morgan fingerprint density at radius 1 is 1.83 bits per heavy atom. The van der Waals surface area contributed by atoms with E-state index in [2.05, 4.69) is 10.4 Å². The number of anilines is 1. The molecule has 0 aliphatic heterocycles. The van der Waals surface area contributed by atoms with Gasteiger partial charge >= 0.3 is 0 Å². The SMILES string of the molecule is CC(=O)Nc1cc(CO)nn1C. The lowest BCUT2D eigenvalue weighted by Crippen LogP contribution is -2.09. The molecule has 0 atom stereocenters. The molecule has 0 spiro atoms. The van der Waals surface area contributed by atoms with Gasteiger partial charge in [-0.25, -0.2) is 0 Å². The predicted octanol–water partition coefficient (Wildman–Crippen LogP) is -0.129. The van der Waals surface area contributed by atoms with Gasteiger partial charge in [-0.2, -0.15) is 5.10 Å². The molecule has 1 aromatic rings. The van der Waals surface area contributed by atoms with Crippen molar-refractivity contribution < 1.29 is 9.90 Å². The Hall–Kier alpha value is -1.36. The van der Waals surface area contributed by atoms with Crippen LogP contribution in [0.5, 0.6) is 0 Å². The summed E-state index contributed by atoms with van der Waals surface area (Å²) in [4.78, 5) is 10.6. The molecule has 5 heteroatoms. The van der Waals surface area contributed by atoms with Gasteiger partial charge in [-0.05, 0) is 0 Å². The van der Waals surface area contributed by atoms with Crippen molar-refractivity contribution in [2.24, 2.45) is 7.05 Å². The zero-order chi connectivity index (χ0) is 9.14. The van der Waals surface area contributed by atoms with E-state index >= 15 is 0 Å².